The van der Waals surface area contributed by atoms with Crippen LogP contribution in [0.2, 0.25) is 0 Å². The van der Waals surface area contributed by atoms with E-state index in [-0.39, 0.29) is 110 Å². The van der Waals surface area contributed by atoms with Crippen molar-refractivity contribution < 1.29 is 97.5 Å². The van der Waals surface area contributed by atoms with Gasteiger partial charge in [0.2, 0.25) is 0 Å². The van der Waals surface area contributed by atoms with Crippen LogP contribution in [0.4, 0.5) is 0 Å². The average Bonchev–Trinajstić information content (AvgIpc) is 2.35. The van der Waals surface area contributed by atoms with Gasteiger partial charge in [-0.25, -0.2) is 0 Å². The van der Waals surface area contributed by atoms with Gasteiger partial charge in [0.15, 0.2) is 0 Å². The molecule has 0 aliphatic carbocycles. The molecule has 24 heavy (non-hydrogen) atoms. The predicted molar refractivity (Wildman–Crippen MR) is 56.6 cm³/mol. The summed E-state index contributed by atoms with van der Waals surface area (Å²) in [5, 5.41) is 0. The third-order valence-electron chi connectivity index (χ3n) is 0. The minimum absolute atomic E-state index is 0. The summed E-state index contributed by atoms with van der Waals surface area (Å²) in [5.74, 6) is 0. The first-order valence-corrected chi connectivity index (χ1v) is 9.90. The van der Waals surface area contributed by atoms with Crippen LogP contribution in [-0.4, -0.2) is 177 Å². The van der Waals surface area contributed by atoms with E-state index in [1.54, 1.807) is 0 Å². The second-order valence-electron chi connectivity index (χ2n) is 0.674. The van der Waals surface area contributed by atoms with Crippen molar-refractivity contribution in [3.63, 3.8) is 0 Å². The fourth-order valence-corrected chi connectivity index (χ4v) is 0. The van der Waals surface area contributed by atoms with E-state index >= 15 is 0 Å². The Hall–Kier alpha value is 4.55. The fourth-order valence-electron chi connectivity index (χ4n) is 0. The first kappa shape index (κ1) is 63.0. The van der Waals surface area contributed by atoms with Crippen LogP contribution < -0.4 is 29.1 Å². The molecular formula is Al7CeMgO14Sr. The predicted octanol–water partition coefficient (Wildman–Crippen LogP) is -12.6. The largest absolute Gasteiger partial charge is 2.00 e. The van der Waals surface area contributed by atoms with E-state index < -0.39 is 108 Å². The molecule has 24 heteroatoms. The first-order valence-electron chi connectivity index (χ1n) is 3.30. The summed E-state index contributed by atoms with van der Waals surface area (Å²) in [6.07, 6.45) is 0. The number of rotatable bonds is 0. The molecule has 0 saturated heterocycles. The van der Waals surface area contributed by atoms with Gasteiger partial charge >= 0.3 is 274 Å². The molecule has 0 fully saturated rings. The Balaban J connectivity index is -0.0000000117. The third-order valence-corrected chi connectivity index (χ3v) is 0. The number of hydrogen-bond acceptors (Lipinski definition) is 14. The zero-order valence-electron chi connectivity index (χ0n) is 11.7. The minimum atomic E-state index is -1.75. The van der Waals surface area contributed by atoms with Gasteiger partial charge in [0.25, 0.3) is 0 Å². The molecule has 0 bridgehead atoms. The van der Waals surface area contributed by atoms with E-state index in [0.717, 1.165) is 0 Å². The third kappa shape index (κ3) is 837. The van der Waals surface area contributed by atoms with Crippen molar-refractivity contribution in [3.8, 4) is 0 Å². The van der Waals surface area contributed by atoms with E-state index in [4.69, 9.17) is 55.7 Å². The van der Waals surface area contributed by atoms with Gasteiger partial charge in [0.1, 0.15) is 0 Å². The normalized spacial score (nSPS) is 2.33. The van der Waals surface area contributed by atoms with Crippen LogP contribution in [0, 0.1) is 41.7 Å². The summed E-state index contributed by atoms with van der Waals surface area (Å²) < 4.78 is 118. The molecule has 0 atom stereocenters. The van der Waals surface area contributed by atoms with E-state index in [1.165, 1.54) is 0 Å². The smallest absolute Gasteiger partial charge is 2.00 e. The molecule has 0 aromatic rings. The van der Waals surface area contributed by atoms with E-state index in [1.807, 2.05) is 0 Å². The maximum atomic E-state index is 8.46. The topological polar surface area (TPSA) is 281 Å². The summed E-state index contributed by atoms with van der Waals surface area (Å²) in [4.78, 5) is 0. The maximum absolute atomic E-state index is 8.46. The molecule has 0 aromatic carbocycles. The van der Waals surface area contributed by atoms with Crippen LogP contribution in [0.25, 0.3) is 0 Å². The van der Waals surface area contributed by atoms with Crippen molar-refractivity contribution in [3.05, 3.63) is 0 Å². The van der Waals surface area contributed by atoms with Crippen LogP contribution in [0.5, 0.6) is 0 Å². The standard InChI is InChI=1S/7Al.Ce.Mg.14O.Sr/q;;;;;;;+3;+2;;;;;;;;7*-1;+2. The van der Waals surface area contributed by atoms with Crippen molar-refractivity contribution in [2.75, 3.05) is 0 Å². The molecule has 0 amide bonds. The molecule has 0 unspecified atom stereocenters. The molecule has 113 valence electrons. The molecular weight excluding hydrogens is 665 g/mol. The van der Waals surface area contributed by atoms with Gasteiger partial charge in [-0.05, 0) is 0 Å². The van der Waals surface area contributed by atoms with E-state index in [0.29, 0.717) is 0 Å². The van der Waals surface area contributed by atoms with Crippen molar-refractivity contribution >= 4 is 177 Å². The van der Waals surface area contributed by atoms with Crippen molar-refractivity contribution in [2.45, 2.75) is 0 Å². The van der Waals surface area contributed by atoms with Gasteiger partial charge in [0.05, 0.1) is 0 Å². The molecule has 0 aromatic heterocycles. The zero-order chi connectivity index (χ0) is 18.9. The van der Waals surface area contributed by atoms with Gasteiger partial charge in [-0.15, -0.1) is 0 Å². The SMILES string of the molecule is [Ce+3].[Mg+2].[O]=[Al][O-].[O]=[Al][O-].[O]=[Al][O-].[O]=[Al][O-].[O]=[Al][O-].[O]=[Al][O-].[O]=[Al][O-].[Sr+2]. The second kappa shape index (κ2) is 146. The Bertz CT molecular complexity index is 149. The molecule has 0 N–H and O–H groups in total. The Labute approximate surface area is 268 Å². The molecule has 0 rings (SSSR count). The molecule has 14 nitrogen and oxygen atoms in total. The fraction of sp³-hybridized carbons (Fsp3) is 0. The van der Waals surface area contributed by atoms with Gasteiger partial charge < -0.3 is 0 Å². The average molecular weight is 665 g/mol. The van der Waals surface area contributed by atoms with Gasteiger partial charge in [0, 0.05) is 0 Å². The molecule has 1 radical (unpaired) electrons. The van der Waals surface area contributed by atoms with Gasteiger partial charge in [-0.2, -0.15) is 0 Å². The monoisotopic (exact) mass is 665 g/mol. The van der Waals surface area contributed by atoms with E-state index in [2.05, 4.69) is 0 Å². The summed E-state index contributed by atoms with van der Waals surface area (Å²) in [6.45, 7) is 0. The van der Waals surface area contributed by atoms with Crippen LogP contribution in [0.1, 0.15) is 0 Å². The Morgan fingerprint density at radius 3 is 0.375 bits per heavy atom. The molecule has 0 saturated carbocycles. The minimum Gasteiger partial charge on any atom is 2.00 e. The van der Waals surface area contributed by atoms with Crippen LogP contribution in [0.15, 0.2) is 0 Å². The van der Waals surface area contributed by atoms with Crippen LogP contribution in [0.3, 0.4) is 0 Å². The summed E-state index contributed by atoms with van der Waals surface area (Å²) in [5.41, 5.74) is 0. The molecule has 0 heterocycles. The van der Waals surface area contributed by atoms with Crippen molar-refractivity contribution in [1.82, 2.24) is 0 Å². The quantitative estimate of drug-likeness (QED) is 0.217. The summed E-state index contributed by atoms with van der Waals surface area (Å²) in [7, 11) is 0. The Morgan fingerprint density at radius 2 is 0.375 bits per heavy atom. The number of hydrogen-bond donors (Lipinski definition) is 0. The molecule has 0 aliphatic rings. The maximum Gasteiger partial charge on any atom is 2.00 e. The Kier molecular flexibility index (Phi) is 382. The van der Waals surface area contributed by atoms with Gasteiger partial charge in [-0.1, -0.05) is 0 Å². The summed E-state index contributed by atoms with van der Waals surface area (Å²) in [6, 6.07) is 0. The van der Waals surface area contributed by atoms with Crippen LogP contribution >= 0.6 is 0 Å². The summed E-state index contributed by atoms with van der Waals surface area (Å²) >= 11 is -12.3. The van der Waals surface area contributed by atoms with Crippen molar-refractivity contribution in [2.24, 2.45) is 0 Å². The second-order valence-corrected chi connectivity index (χ2v) is 2.02. The first-order chi connectivity index (χ1) is 9.90. The Morgan fingerprint density at radius 1 is 0.375 bits per heavy atom. The van der Waals surface area contributed by atoms with Crippen LogP contribution in [-0.2, 0) is 26.6 Å². The van der Waals surface area contributed by atoms with Crippen molar-refractivity contribution in [1.29, 1.82) is 0 Å². The van der Waals surface area contributed by atoms with Gasteiger partial charge in [-0.3, -0.25) is 0 Å². The molecule has 0 aliphatic heterocycles. The zero-order valence-corrected chi connectivity index (χ0v) is 27.8. The van der Waals surface area contributed by atoms with E-state index in [9.17, 15) is 0 Å². The molecule has 0 spiro atoms.